The Morgan fingerprint density at radius 2 is 1.90 bits per heavy atom. The minimum atomic E-state index is -0.114. The largest absolute Gasteiger partial charge is 0.493 e. The molecule has 1 aliphatic rings. The third kappa shape index (κ3) is 6.76. The quantitative estimate of drug-likeness (QED) is 0.572. The van der Waals surface area contributed by atoms with Crippen molar-refractivity contribution >= 4 is 23.4 Å². The van der Waals surface area contributed by atoms with Gasteiger partial charge in [-0.3, -0.25) is 14.5 Å². The second-order valence-corrected chi connectivity index (χ2v) is 7.09. The van der Waals surface area contributed by atoms with Crippen LogP contribution >= 0.6 is 11.6 Å². The Hall–Kier alpha value is -2.03. The first-order valence-corrected chi connectivity index (χ1v) is 10.2. The molecule has 0 aliphatic carbocycles. The Labute approximate surface area is 177 Å². The molecule has 1 aromatic rings. The van der Waals surface area contributed by atoms with E-state index < -0.39 is 0 Å². The van der Waals surface area contributed by atoms with Gasteiger partial charge in [0, 0.05) is 52.0 Å². The topological polar surface area (TPSA) is 80.3 Å². The summed E-state index contributed by atoms with van der Waals surface area (Å²) >= 11 is 6.28. The van der Waals surface area contributed by atoms with Crippen LogP contribution in [0.2, 0.25) is 5.02 Å². The predicted molar refractivity (Wildman–Crippen MR) is 111 cm³/mol. The highest BCUT2D eigenvalue weighted by Crippen LogP contribution is 2.36. The Bertz CT molecular complexity index is 693. The minimum absolute atomic E-state index is 0.0103. The highest BCUT2D eigenvalue weighted by Gasteiger charge is 2.25. The first-order valence-electron chi connectivity index (χ1n) is 9.77. The van der Waals surface area contributed by atoms with E-state index in [-0.39, 0.29) is 11.8 Å². The van der Waals surface area contributed by atoms with Gasteiger partial charge in [0.1, 0.15) is 0 Å². The summed E-state index contributed by atoms with van der Waals surface area (Å²) in [6.45, 7) is 6.23. The van der Waals surface area contributed by atoms with E-state index in [9.17, 15) is 9.59 Å². The molecule has 1 heterocycles. The highest BCUT2D eigenvalue weighted by atomic mass is 35.5. The molecule has 1 N–H and O–H groups in total. The maximum Gasteiger partial charge on any atom is 0.254 e. The second-order valence-electron chi connectivity index (χ2n) is 6.69. The van der Waals surface area contributed by atoms with Gasteiger partial charge >= 0.3 is 0 Å². The number of hydrogen-bond donors (Lipinski definition) is 1. The lowest BCUT2D eigenvalue weighted by molar-refractivity contribution is -0.122. The third-order valence-corrected chi connectivity index (χ3v) is 4.92. The standard InChI is InChI=1S/C20H30ClN3O5/c1-4-29-19-16(21)12-15(13-17(19)28-3)20(26)24-9-7-23(8-10-24)14-18(25)22-6-5-11-27-2/h12-13H,4-11,14H2,1-3H3,(H,22,25). The molecule has 0 radical (unpaired) electrons. The number of piperazine rings is 1. The molecular formula is C20H30ClN3O5. The van der Waals surface area contributed by atoms with E-state index in [1.807, 2.05) is 11.8 Å². The van der Waals surface area contributed by atoms with Crippen molar-refractivity contribution < 1.29 is 23.8 Å². The Morgan fingerprint density at radius 1 is 1.17 bits per heavy atom. The molecule has 0 spiro atoms. The predicted octanol–water partition coefficient (Wildman–Crippen LogP) is 1.66. The summed E-state index contributed by atoms with van der Waals surface area (Å²) in [5, 5.41) is 3.22. The molecule has 1 aromatic carbocycles. The lowest BCUT2D eigenvalue weighted by Crippen LogP contribution is -2.51. The molecule has 1 fully saturated rings. The normalized spacial score (nSPS) is 14.6. The fourth-order valence-corrected chi connectivity index (χ4v) is 3.39. The number of amides is 2. The third-order valence-electron chi connectivity index (χ3n) is 4.64. The van der Waals surface area contributed by atoms with Crippen molar-refractivity contribution in [3.8, 4) is 11.5 Å². The molecule has 9 heteroatoms. The molecule has 0 bridgehead atoms. The van der Waals surface area contributed by atoms with Gasteiger partial charge in [0.2, 0.25) is 5.91 Å². The van der Waals surface area contributed by atoms with Crippen molar-refractivity contribution in [3.63, 3.8) is 0 Å². The molecule has 0 atom stereocenters. The number of rotatable bonds is 10. The average Bonchev–Trinajstić information content (AvgIpc) is 2.72. The van der Waals surface area contributed by atoms with Crippen LogP contribution in [0.15, 0.2) is 12.1 Å². The molecule has 29 heavy (non-hydrogen) atoms. The van der Waals surface area contributed by atoms with Crippen LogP contribution in [0.3, 0.4) is 0 Å². The smallest absolute Gasteiger partial charge is 0.254 e. The number of hydrogen-bond acceptors (Lipinski definition) is 6. The van der Waals surface area contributed by atoms with Gasteiger partial charge in [0.05, 0.1) is 25.3 Å². The summed E-state index contributed by atoms with van der Waals surface area (Å²) in [7, 11) is 3.15. The van der Waals surface area contributed by atoms with Crippen molar-refractivity contribution in [2.75, 3.05) is 66.7 Å². The number of methoxy groups -OCH3 is 2. The number of carbonyl (C=O) groups excluding carboxylic acids is 2. The van der Waals surface area contributed by atoms with Crippen LogP contribution in [0, 0.1) is 0 Å². The fraction of sp³-hybridized carbons (Fsp3) is 0.600. The van der Waals surface area contributed by atoms with Crippen molar-refractivity contribution in [2.45, 2.75) is 13.3 Å². The molecule has 1 saturated heterocycles. The summed E-state index contributed by atoms with van der Waals surface area (Å²) in [6.07, 6.45) is 0.790. The van der Waals surface area contributed by atoms with Crippen molar-refractivity contribution in [1.82, 2.24) is 15.1 Å². The van der Waals surface area contributed by atoms with E-state index in [0.29, 0.717) is 74.6 Å². The molecule has 2 rings (SSSR count). The van der Waals surface area contributed by atoms with Gasteiger partial charge in [0.25, 0.3) is 5.91 Å². The fourth-order valence-electron chi connectivity index (χ4n) is 3.12. The van der Waals surface area contributed by atoms with Crippen LogP contribution in [0.5, 0.6) is 11.5 Å². The highest BCUT2D eigenvalue weighted by molar-refractivity contribution is 6.32. The van der Waals surface area contributed by atoms with Crippen LogP contribution in [0.25, 0.3) is 0 Å². The van der Waals surface area contributed by atoms with Gasteiger partial charge in [-0.15, -0.1) is 0 Å². The molecule has 0 aromatic heterocycles. The zero-order valence-corrected chi connectivity index (χ0v) is 18.1. The minimum Gasteiger partial charge on any atom is -0.493 e. The van der Waals surface area contributed by atoms with E-state index in [2.05, 4.69) is 5.32 Å². The van der Waals surface area contributed by atoms with Gasteiger partial charge in [0.15, 0.2) is 11.5 Å². The van der Waals surface area contributed by atoms with Gasteiger partial charge < -0.3 is 24.4 Å². The molecule has 0 unspecified atom stereocenters. The first-order chi connectivity index (χ1) is 14.0. The Balaban J connectivity index is 1.88. The summed E-state index contributed by atoms with van der Waals surface area (Å²) in [5.74, 6) is 0.752. The van der Waals surface area contributed by atoms with Crippen LogP contribution in [0.1, 0.15) is 23.7 Å². The molecule has 162 valence electrons. The zero-order chi connectivity index (χ0) is 21.2. The molecule has 0 saturated carbocycles. The zero-order valence-electron chi connectivity index (χ0n) is 17.3. The van der Waals surface area contributed by atoms with Crippen LogP contribution in [-0.4, -0.2) is 88.3 Å². The van der Waals surface area contributed by atoms with Gasteiger partial charge in [-0.2, -0.15) is 0 Å². The SMILES string of the molecule is CCOc1c(Cl)cc(C(=O)N2CCN(CC(=O)NCCCOC)CC2)cc1OC. The monoisotopic (exact) mass is 427 g/mol. The number of benzene rings is 1. The number of nitrogens with zero attached hydrogens (tertiary/aromatic N) is 2. The lowest BCUT2D eigenvalue weighted by atomic mass is 10.1. The summed E-state index contributed by atoms with van der Waals surface area (Å²) in [4.78, 5) is 28.7. The van der Waals surface area contributed by atoms with E-state index >= 15 is 0 Å². The molecular weight excluding hydrogens is 398 g/mol. The summed E-state index contributed by atoms with van der Waals surface area (Å²) in [6, 6.07) is 3.26. The van der Waals surface area contributed by atoms with Gasteiger partial charge in [-0.05, 0) is 25.5 Å². The maximum atomic E-state index is 12.9. The van der Waals surface area contributed by atoms with Crippen LogP contribution in [-0.2, 0) is 9.53 Å². The van der Waals surface area contributed by atoms with E-state index in [0.717, 1.165) is 6.42 Å². The maximum absolute atomic E-state index is 12.9. The van der Waals surface area contributed by atoms with Crippen LogP contribution < -0.4 is 14.8 Å². The number of ether oxygens (including phenoxy) is 3. The Kier molecular flexibility index (Phi) is 9.50. The second kappa shape index (κ2) is 11.8. The first kappa shape index (κ1) is 23.3. The van der Waals surface area contributed by atoms with Crippen molar-refractivity contribution in [3.05, 3.63) is 22.7 Å². The number of halogens is 1. The Morgan fingerprint density at radius 3 is 2.52 bits per heavy atom. The van der Waals surface area contributed by atoms with E-state index in [1.54, 1.807) is 24.1 Å². The molecule has 2 amide bonds. The molecule has 8 nitrogen and oxygen atoms in total. The van der Waals surface area contributed by atoms with Crippen LogP contribution in [0.4, 0.5) is 0 Å². The summed E-state index contributed by atoms with van der Waals surface area (Å²) < 4.78 is 15.8. The molecule has 1 aliphatic heterocycles. The van der Waals surface area contributed by atoms with E-state index in [1.165, 1.54) is 7.11 Å². The number of nitrogens with one attached hydrogen (secondary N) is 1. The van der Waals surface area contributed by atoms with Crippen molar-refractivity contribution in [1.29, 1.82) is 0 Å². The lowest BCUT2D eigenvalue weighted by Gasteiger charge is -2.34. The number of carbonyl (C=O) groups is 2. The van der Waals surface area contributed by atoms with E-state index in [4.69, 9.17) is 25.8 Å². The average molecular weight is 428 g/mol. The van der Waals surface area contributed by atoms with Crippen molar-refractivity contribution in [2.24, 2.45) is 0 Å². The summed E-state index contributed by atoms with van der Waals surface area (Å²) in [5.41, 5.74) is 0.458. The van der Waals surface area contributed by atoms with Gasteiger partial charge in [-0.1, -0.05) is 11.6 Å². The van der Waals surface area contributed by atoms with Gasteiger partial charge in [-0.25, -0.2) is 0 Å².